The van der Waals surface area contributed by atoms with E-state index in [9.17, 15) is 9.18 Å². The van der Waals surface area contributed by atoms with Gasteiger partial charge in [-0.3, -0.25) is 4.79 Å². The van der Waals surface area contributed by atoms with E-state index in [4.69, 9.17) is 4.74 Å². The van der Waals surface area contributed by atoms with E-state index in [1.54, 1.807) is 12.1 Å². The summed E-state index contributed by atoms with van der Waals surface area (Å²) in [5.41, 5.74) is 4.72. The van der Waals surface area contributed by atoms with Crippen LogP contribution in [-0.4, -0.2) is 56.1 Å². The summed E-state index contributed by atoms with van der Waals surface area (Å²) in [4.78, 5) is 20.1. The van der Waals surface area contributed by atoms with E-state index in [2.05, 4.69) is 59.7 Å². The van der Waals surface area contributed by atoms with Crippen molar-refractivity contribution in [3.63, 3.8) is 0 Å². The summed E-state index contributed by atoms with van der Waals surface area (Å²) < 4.78 is 19.4. The van der Waals surface area contributed by atoms with Gasteiger partial charge in [0, 0.05) is 50.1 Å². The van der Waals surface area contributed by atoms with Gasteiger partial charge in [0.25, 0.3) is 0 Å². The zero-order valence-electron chi connectivity index (χ0n) is 22.5. The Bertz CT molecular complexity index is 1130. The molecule has 0 aliphatic carbocycles. The maximum Gasteiger partial charge on any atom is 0.189 e. The molecule has 5 nitrogen and oxygen atoms in total. The molecule has 2 aromatic carbocycles. The molecular formula is C31H40FN3O2. The average molecular weight is 506 g/mol. The van der Waals surface area contributed by atoms with Gasteiger partial charge in [0.05, 0.1) is 18.0 Å². The molecule has 6 heteroatoms. The molecule has 0 unspecified atom stereocenters. The number of fused-ring (bicyclic) bond motifs is 3. The van der Waals surface area contributed by atoms with Crippen LogP contribution >= 0.6 is 0 Å². The topological polar surface area (TPSA) is 36.0 Å². The third-order valence-electron chi connectivity index (χ3n) is 8.15. The number of carbonyl (C=O) groups is 1. The molecule has 0 spiro atoms. The van der Waals surface area contributed by atoms with Crippen molar-refractivity contribution in [2.75, 3.05) is 49.1 Å². The molecule has 2 atom stereocenters. The summed E-state index contributed by atoms with van der Waals surface area (Å²) in [5.74, 6) is 1.88. The fraction of sp³-hybridized carbons (Fsp3) is 0.516. The number of piperidine rings is 1. The van der Waals surface area contributed by atoms with Gasteiger partial charge in [-0.1, -0.05) is 26.0 Å². The fourth-order valence-corrected chi connectivity index (χ4v) is 6.23. The quantitative estimate of drug-likeness (QED) is 0.283. The number of likely N-dealkylation sites (tertiary alicyclic amines) is 1. The Morgan fingerprint density at radius 1 is 1.14 bits per heavy atom. The smallest absolute Gasteiger partial charge is 0.189 e. The normalized spacial score (nSPS) is 21.3. The lowest BCUT2D eigenvalue weighted by atomic mass is 9.89. The van der Waals surface area contributed by atoms with Crippen LogP contribution in [0.3, 0.4) is 0 Å². The first kappa shape index (κ1) is 25.8. The van der Waals surface area contributed by atoms with Crippen molar-refractivity contribution in [1.29, 1.82) is 0 Å². The van der Waals surface area contributed by atoms with Gasteiger partial charge < -0.3 is 19.4 Å². The van der Waals surface area contributed by atoms with E-state index in [1.165, 1.54) is 29.1 Å². The van der Waals surface area contributed by atoms with Gasteiger partial charge in [-0.25, -0.2) is 4.39 Å². The Balaban J connectivity index is 1.24. The van der Waals surface area contributed by atoms with Crippen LogP contribution in [0.25, 0.3) is 0 Å². The van der Waals surface area contributed by atoms with Crippen LogP contribution in [0.5, 0.6) is 0 Å². The number of ether oxygens (including phenoxy) is 1. The number of halogens is 1. The molecular weight excluding hydrogens is 465 g/mol. The molecule has 0 aromatic heterocycles. The number of allylic oxidation sites excluding steroid dienone is 1. The summed E-state index contributed by atoms with van der Waals surface area (Å²) in [7, 11) is 0. The summed E-state index contributed by atoms with van der Waals surface area (Å²) in [5, 5.41) is 0. The lowest BCUT2D eigenvalue weighted by Gasteiger charge is -2.42. The van der Waals surface area contributed by atoms with Crippen molar-refractivity contribution in [2.24, 2.45) is 5.92 Å². The highest BCUT2D eigenvalue weighted by atomic mass is 19.1. The van der Waals surface area contributed by atoms with Crippen molar-refractivity contribution in [1.82, 2.24) is 4.90 Å². The Hall–Kier alpha value is -2.86. The number of hydrogen-bond acceptors (Lipinski definition) is 5. The molecule has 37 heavy (non-hydrogen) atoms. The van der Waals surface area contributed by atoms with Crippen LogP contribution in [0.2, 0.25) is 0 Å². The predicted molar refractivity (Wildman–Crippen MR) is 148 cm³/mol. The monoisotopic (exact) mass is 505 g/mol. The van der Waals surface area contributed by atoms with Gasteiger partial charge in [-0.15, -0.1) is 0 Å². The third-order valence-corrected chi connectivity index (χ3v) is 8.15. The Morgan fingerprint density at radius 3 is 2.70 bits per heavy atom. The third kappa shape index (κ3) is 5.40. The van der Waals surface area contributed by atoms with Gasteiger partial charge in [0.15, 0.2) is 11.7 Å². The largest absolute Gasteiger partial charge is 0.479 e. The van der Waals surface area contributed by atoms with E-state index in [1.807, 2.05) is 0 Å². The molecule has 1 saturated heterocycles. The Kier molecular flexibility index (Phi) is 7.84. The van der Waals surface area contributed by atoms with Crippen molar-refractivity contribution in [3.8, 4) is 0 Å². The summed E-state index contributed by atoms with van der Waals surface area (Å²) in [6.07, 6.45) is 5.63. The first-order valence-electron chi connectivity index (χ1n) is 13.9. The SMILES string of the molecule is CC=C(OCCC(C)C)N1CCN2c3c(cccc31)[C@@H]1CN(CCCC(=O)c3ccc(F)cc3)CC[C@@H]12. The first-order chi connectivity index (χ1) is 18.0. The Morgan fingerprint density at radius 2 is 1.95 bits per heavy atom. The predicted octanol–water partition coefficient (Wildman–Crippen LogP) is 6.21. The highest BCUT2D eigenvalue weighted by molar-refractivity contribution is 5.96. The van der Waals surface area contributed by atoms with E-state index < -0.39 is 0 Å². The molecule has 0 bridgehead atoms. The standard InChI is InChI=1S/C31H40FN3O2/c1-4-30(37-20-15-22(2)3)34-18-19-35-27-14-17-33(21-26(27)25-7-5-8-28(34)31(25)35)16-6-9-29(36)23-10-12-24(32)13-11-23/h4-5,7-8,10-13,22,26-27H,6,9,14-21H2,1-3H3/t26-,27-/m0/s1. The summed E-state index contributed by atoms with van der Waals surface area (Å²) in [6.45, 7) is 12.3. The highest BCUT2D eigenvalue weighted by Crippen LogP contribution is 2.51. The lowest BCUT2D eigenvalue weighted by molar-refractivity contribution is 0.0971. The highest BCUT2D eigenvalue weighted by Gasteiger charge is 2.45. The van der Waals surface area contributed by atoms with Crippen molar-refractivity contribution in [3.05, 3.63) is 71.4 Å². The minimum Gasteiger partial charge on any atom is -0.479 e. The molecule has 0 N–H and O–H groups in total. The molecule has 1 fully saturated rings. The molecule has 0 saturated carbocycles. The molecule has 2 aromatic rings. The van der Waals surface area contributed by atoms with E-state index in [0.717, 1.165) is 64.5 Å². The average Bonchev–Trinajstić information content (AvgIpc) is 3.22. The zero-order chi connectivity index (χ0) is 25.9. The van der Waals surface area contributed by atoms with Gasteiger partial charge >= 0.3 is 0 Å². The van der Waals surface area contributed by atoms with Gasteiger partial charge in [-0.05, 0) is 80.6 Å². The number of carbonyl (C=O) groups excluding carboxylic acids is 1. The van der Waals surface area contributed by atoms with Gasteiger partial charge in [0.1, 0.15) is 5.82 Å². The molecule has 0 radical (unpaired) electrons. The van der Waals surface area contributed by atoms with Crippen LogP contribution in [0.4, 0.5) is 15.8 Å². The second kappa shape index (κ2) is 11.3. The van der Waals surface area contributed by atoms with Crippen LogP contribution in [-0.2, 0) is 4.74 Å². The number of nitrogens with zero attached hydrogens (tertiary/aromatic N) is 3. The Labute approximate surface area is 220 Å². The van der Waals surface area contributed by atoms with Crippen LogP contribution in [0.1, 0.15) is 68.3 Å². The lowest BCUT2D eigenvalue weighted by Crippen LogP contribution is -2.49. The van der Waals surface area contributed by atoms with Crippen molar-refractivity contribution < 1.29 is 13.9 Å². The van der Waals surface area contributed by atoms with Crippen LogP contribution in [0, 0.1) is 11.7 Å². The second-order valence-electron chi connectivity index (χ2n) is 11.0. The minimum atomic E-state index is -0.305. The fourth-order valence-electron chi connectivity index (χ4n) is 6.23. The molecule has 3 aliphatic heterocycles. The van der Waals surface area contributed by atoms with Gasteiger partial charge in [-0.2, -0.15) is 0 Å². The van der Waals surface area contributed by atoms with E-state index >= 15 is 0 Å². The van der Waals surface area contributed by atoms with Crippen molar-refractivity contribution in [2.45, 2.75) is 58.4 Å². The van der Waals surface area contributed by atoms with Crippen LogP contribution in [0.15, 0.2) is 54.4 Å². The van der Waals surface area contributed by atoms with Crippen LogP contribution < -0.4 is 9.80 Å². The van der Waals surface area contributed by atoms with E-state index in [-0.39, 0.29) is 11.6 Å². The molecule has 3 aliphatic rings. The number of benzene rings is 2. The van der Waals surface area contributed by atoms with Crippen molar-refractivity contribution >= 4 is 17.2 Å². The van der Waals surface area contributed by atoms with E-state index in [0.29, 0.717) is 29.9 Å². The maximum absolute atomic E-state index is 13.2. The minimum absolute atomic E-state index is 0.0956. The number of anilines is 2. The zero-order valence-corrected chi connectivity index (χ0v) is 22.5. The maximum atomic E-state index is 13.2. The number of hydrogen-bond donors (Lipinski definition) is 0. The molecule has 0 amide bonds. The number of para-hydroxylation sites is 1. The number of ketones is 1. The molecule has 5 rings (SSSR count). The van der Waals surface area contributed by atoms with Gasteiger partial charge in [0.2, 0.25) is 0 Å². The number of rotatable bonds is 10. The second-order valence-corrected chi connectivity index (χ2v) is 11.0. The first-order valence-corrected chi connectivity index (χ1v) is 13.9. The molecule has 3 heterocycles. The summed E-state index contributed by atoms with van der Waals surface area (Å²) in [6, 6.07) is 13.2. The summed E-state index contributed by atoms with van der Waals surface area (Å²) >= 11 is 0. The molecule has 198 valence electrons. The number of Topliss-reactive ketones (excluding diaryl/α,β-unsaturated/α-hetero) is 1.